The molecule has 1 aliphatic rings. The summed E-state index contributed by atoms with van der Waals surface area (Å²) < 4.78 is 40.0. The van der Waals surface area contributed by atoms with Gasteiger partial charge in [0.05, 0.1) is 4.90 Å². The Bertz CT molecular complexity index is 843. The molecule has 132 valence electrons. The van der Waals surface area contributed by atoms with Crippen molar-refractivity contribution < 1.29 is 17.6 Å². The molecule has 2 aromatic carbocycles. The van der Waals surface area contributed by atoms with Crippen LogP contribution in [0.25, 0.3) is 0 Å². The largest absolute Gasteiger partial charge is 0.339 e. The number of sulfonamides is 1. The molecule has 1 N–H and O–H groups in total. The van der Waals surface area contributed by atoms with Crippen LogP contribution in [-0.4, -0.2) is 32.3 Å². The molecule has 2 aromatic rings. The summed E-state index contributed by atoms with van der Waals surface area (Å²) in [6, 6.07) is 11.5. The first kappa shape index (κ1) is 17.6. The first-order chi connectivity index (χ1) is 12.0. The first-order valence-corrected chi connectivity index (χ1v) is 9.57. The predicted molar refractivity (Wildman–Crippen MR) is 92.0 cm³/mol. The Hall–Kier alpha value is -2.25. The number of hydrogen-bond acceptors (Lipinski definition) is 3. The van der Waals surface area contributed by atoms with E-state index in [0.29, 0.717) is 11.1 Å². The fraction of sp³-hybridized carbons (Fsp3) is 0.278. The molecule has 1 heterocycles. The second-order valence-electron chi connectivity index (χ2n) is 5.97. The second kappa shape index (κ2) is 7.33. The molecular weight excluding hydrogens is 343 g/mol. The molecule has 0 saturated carbocycles. The highest BCUT2D eigenvalue weighted by Crippen LogP contribution is 2.16. The molecule has 0 bridgehead atoms. The van der Waals surface area contributed by atoms with Gasteiger partial charge in [-0.3, -0.25) is 4.79 Å². The van der Waals surface area contributed by atoms with Gasteiger partial charge >= 0.3 is 0 Å². The third kappa shape index (κ3) is 4.24. The summed E-state index contributed by atoms with van der Waals surface area (Å²) in [5.41, 5.74) is 1.14. The number of halogens is 1. The Morgan fingerprint density at radius 2 is 1.60 bits per heavy atom. The maximum absolute atomic E-state index is 12.9. The minimum atomic E-state index is -3.70. The Morgan fingerprint density at radius 3 is 2.20 bits per heavy atom. The molecule has 3 rings (SSSR count). The molecule has 5 nitrogen and oxygen atoms in total. The van der Waals surface area contributed by atoms with Crippen LogP contribution in [0.4, 0.5) is 4.39 Å². The van der Waals surface area contributed by atoms with Crippen molar-refractivity contribution in [2.75, 3.05) is 13.1 Å². The van der Waals surface area contributed by atoms with Gasteiger partial charge in [-0.25, -0.2) is 17.5 Å². The molecule has 25 heavy (non-hydrogen) atoms. The Kier molecular flexibility index (Phi) is 5.15. The summed E-state index contributed by atoms with van der Waals surface area (Å²) in [4.78, 5) is 14.1. The van der Waals surface area contributed by atoms with E-state index in [1.165, 1.54) is 48.5 Å². The fourth-order valence-corrected chi connectivity index (χ4v) is 3.76. The highest BCUT2D eigenvalue weighted by molar-refractivity contribution is 7.89. The van der Waals surface area contributed by atoms with E-state index >= 15 is 0 Å². The van der Waals surface area contributed by atoms with Crippen molar-refractivity contribution in [3.05, 3.63) is 65.5 Å². The van der Waals surface area contributed by atoms with Crippen molar-refractivity contribution in [1.82, 2.24) is 9.62 Å². The highest BCUT2D eigenvalue weighted by Gasteiger charge is 2.20. The van der Waals surface area contributed by atoms with E-state index in [0.717, 1.165) is 25.9 Å². The summed E-state index contributed by atoms with van der Waals surface area (Å²) in [5, 5.41) is 0. The molecular formula is C18H19FN2O3S. The summed E-state index contributed by atoms with van der Waals surface area (Å²) in [6.07, 6.45) is 2.01. The number of hydrogen-bond donors (Lipinski definition) is 1. The Balaban J connectivity index is 1.67. The molecule has 0 aliphatic carbocycles. The quantitative estimate of drug-likeness (QED) is 0.889. The van der Waals surface area contributed by atoms with Crippen LogP contribution in [0.5, 0.6) is 0 Å². The van der Waals surface area contributed by atoms with E-state index in [4.69, 9.17) is 0 Å². The number of amides is 1. The number of nitrogens with one attached hydrogen (secondary N) is 1. The van der Waals surface area contributed by atoms with Gasteiger partial charge in [0.15, 0.2) is 0 Å². The van der Waals surface area contributed by atoms with E-state index in [1.54, 1.807) is 4.90 Å². The average molecular weight is 362 g/mol. The van der Waals surface area contributed by atoms with Crippen LogP contribution in [0.3, 0.4) is 0 Å². The first-order valence-electron chi connectivity index (χ1n) is 8.09. The molecule has 1 saturated heterocycles. The van der Waals surface area contributed by atoms with Gasteiger partial charge in [0.2, 0.25) is 10.0 Å². The zero-order valence-electron chi connectivity index (χ0n) is 13.6. The van der Waals surface area contributed by atoms with Crippen LogP contribution >= 0.6 is 0 Å². The smallest absolute Gasteiger partial charge is 0.253 e. The van der Waals surface area contributed by atoms with Crippen LogP contribution in [-0.2, 0) is 16.6 Å². The molecule has 0 aromatic heterocycles. The average Bonchev–Trinajstić information content (AvgIpc) is 3.15. The minimum Gasteiger partial charge on any atom is -0.339 e. The van der Waals surface area contributed by atoms with E-state index in [-0.39, 0.29) is 23.2 Å². The molecule has 0 atom stereocenters. The SMILES string of the molecule is O=C(c1ccc(S(=O)(=O)NCc2ccc(F)cc2)cc1)N1CCCC1. The van der Waals surface area contributed by atoms with Gasteiger partial charge in [-0.2, -0.15) is 0 Å². The van der Waals surface area contributed by atoms with E-state index < -0.39 is 10.0 Å². The highest BCUT2D eigenvalue weighted by atomic mass is 32.2. The van der Waals surface area contributed by atoms with Crippen molar-refractivity contribution >= 4 is 15.9 Å². The number of carbonyl (C=O) groups is 1. The number of carbonyl (C=O) groups excluding carboxylic acids is 1. The van der Waals surface area contributed by atoms with Gasteiger partial charge in [-0.15, -0.1) is 0 Å². The van der Waals surface area contributed by atoms with Gasteiger partial charge in [0, 0.05) is 25.2 Å². The van der Waals surface area contributed by atoms with Crippen molar-refractivity contribution in [2.24, 2.45) is 0 Å². The molecule has 1 amide bonds. The number of nitrogens with zero attached hydrogens (tertiary/aromatic N) is 1. The van der Waals surface area contributed by atoms with Crippen LogP contribution in [0.1, 0.15) is 28.8 Å². The zero-order chi connectivity index (χ0) is 17.9. The van der Waals surface area contributed by atoms with Crippen molar-refractivity contribution in [2.45, 2.75) is 24.3 Å². The Morgan fingerprint density at radius 1 is 1.00 bits per heavy atom. The second-order valence-corrected chi connectivity index (χ2v) is 7.74. The molecule has 0 spiro atoms. The van der Waals surface area contributed by atoms with E-state index in [2.05, 4.69) is 4.72 Å². The fourth-order valence-electron chi connectivity index (χ4n) is 2.74. The van der Waals surface area contributed by atoms with Gasteiger partial charge in [0.1, 0.15) is 5.82 Å². The van der Waals surface area contributed by atoms with Crippen molar-refractivity contribution in [3.63, 3.8) is 0 Å². The predicted octanol–water partition coefficient (Wildman–Crippen LogP) is 2.54. The van der Waals surface area contributed by atoms with Gasteiger partial charge in [-0.1, -0.05) is 12.1 Å². The topological polar surface area (TPSA) is 66.5 Å². The molecule has 0 unspecified atom stereocenters. The molecule has 1 aliphatic heterocycles. The van der Waals surface area contributed by atoms with Crippen LogP contribution < -0.4 is 4.72 Å². The third-order valence-electron chi connectivity index (χ3n) is 4.18. The van der Waals surface area contributed by atoms with E-state index in [1.807, 2.05) is 0 Å². The maximum Gasteiger partial charge on any atom is 0.253 e. The lowest BCUT2D eigenvalue weighted by molar-refractivity contribution is 0.0792. The summed E-state index contributed by atoms with van der Waals surface area (Å²) in [5.74, 6) is -0.439. The van der Waals surface area contributed by atoms with Gasteiger partial charge < -0.3 is 4.90 Å². The number of likely N-dealkylation sites (tertiary alicyclic amines) is 1. The zero-order valence-corrected chi connectivity index (χ0v) is 14.4. The van der Waals surface area contributed by atoms with Gasteiger partial charge in [-0.05, 0) is 54.8 Å². The van der Waals surface area contributed by atoms with Crippen LogP contribution in [0.15, 0.2) is 53.4 Å². The molecule has 1 fully saturated rings. The number of rotatable bonds is 5. The lowest BCUT2D eigenvalue weighted by Gasteiger charge is -2.15. The molecule has 0 radical (unpaired) electrons. The maximum atomic E-state index is 12.9. The molecule has 7 heteroatoms. The number of benzene rings is 2. The van der Waals surface area contributed by atoms with Gasteiger partial charge in [0.25, 0.3) is 5.91 Å². The standard InChI is InChI=1S/C18H19FN2O3S/c19-16-7-3-14(4-8-16)13-20-25(23,24)17-9-5-15(6-10-17)18(22)21-11-1-2-12-21/h3-10,20H,1-2,11-13H2. The Labute approximate surface area is 146 Å². The normalized spacial score (nSPS) is 14.7. The van der Waals surface area contributed by atoms with Crippen molar-refractivity contribution in [1.29, 1.82) is 0 Å². The summed E-state index contributed by atoms with van der Waals surface area (Å²) in [6.45, 7) is 1.56. The lowest BCUT2D eigenvalue weighted by atomic mass is 10.2. The van der Waals surface area contributed by atoms with Crippen molar-refractivity contribution in [3.8, 4) is 0 Å². The third-order valence-corrected chi connectivity index (χ3v) is 5.60. The van der Waals surface area contributed by atoms with E-state index in [9.17, 15) is 17.6 Å². The summed E-state index contributed by atoms with van der Waals surface area (Å²) in [7, 11) is -3.70. The summed E-state index contributed by atoms with van der Waals surface area (Å²) >= 11 is 0. The minimum absolute atomic E-state index is 0.0665. The lowest BCUT2D eigenvalue weighted by Crippen LogP contribution is -2.27. The monoisotopic (exact) mass is 362 g/mol. The van der Waals surface area contributed by atoms with Crippen LogP contribution in [0.2, 0.25) is 0 Å². The van der Waals surface area contributed by atoms with Crippen LogP contribution in [0, 0.1) is 5.82 Å².